The molecular formula is C24H25N3OS. The second-order valence-electron chi connectivity index (χ2n) is 7.18. The molecule has 0 spiro atoms. The molecule has 1 aliphatic heterocycles. The molecular weight excluding hydrogens is 378 g/mol. The van der Waals surface area contributed by atoms with Crippen molar-refractivity contribution in [3.05, 3.63) is 96.3 Å². The number of thioether (sulfide) groups is 1. The monoisotopic (exact) mass is 403 g/mol. The number of aromatic nitrogens is 1. The highest BCUT2D eigenvalue weighted by atomic mass is 32.2. The lowest BCUT2D eigenvalue weighted by molar-refractivity contribution is -0.132. The molecule has 3 aromatic rings. The van der Waals surface area contributed by atoms with Crippen LogP contribution in [0.1, 0.15) is 16.4 Å². The van der Waals surface area contributed by atoms with Crippen LogP contribution in [0, 0.1) is 0 Å². The molecule has 1 atom stereocenters. The van der Waals surface area contributed by atoms with Crippen LogP contribution in [-0.2, 0) is 11.3 Å². The summed E-state index contributed by atoms with van der Waals surface area (Å²) in [6.45, 7) is 4.23. The Balaban J connectivity index is 1.43. The van der Waals surface area contributed by atoms with Crippen molar-refractivity contribution in [2.24, 2.45) is 0 Å². The van der Waals surface area contributed by atoms with E-state index in [4.69, 9.17) is 0 Å². The summed E-state index contributed by atoms with van der Waals surface area (Å²) >= 11 is 1.64. The Bertz CT molecular complexity index is 897. The minimum absolute atomic E-state index is 0.202. The Morgan fingerprint density at radius 1 is 0.862 bits per heavy atom. The van der Waals surface area contributed by atoms with Gasteiger partial charge in [0.15, 0.2) is 0 Å². The SMILES string of the molecule is O=C(C(Sc1ccccc1)c1ccccc1)N1CCN(Cc2ccncc2)CC1. The van der Waals surface area contributed by atoms with Gasteiger partial charge in [0, 0.05) is 50.0 Å². The molecule has 2 heterocycles. The third-order valence-electron chi connectivity index (χ3n) is 5.16. The summed E-state index contributed by atoms with van der Waals surface area (Å²) < 4.78 is 0. The van der Waals surface area contributed by atoms with Gasteiger partial charge in [-0.3, -0.25) is 14.7 Å². The molecule has 5 heteroatoms. The van der Waals surface area contributed by atoms with E-state index in [1.54, 1.807) is 11.8 Å². The Morgan fingerprint density at radius 3 is 2.14 bits per heavy atom. The molecule has 148 valence electrons. The first-order valence-electron chi connectivity index (χ1n) is 9.96. The fraction of sp³-hybridized carbons (Fsp3) is 0.250. The molecule has 4 rings (SSSR count). The van der Waals surface area contributed by atoms with Crippen molar-refractivity contribution in [1.82, 2.24) is 14.8 Å². The van der Waals surface area contributed by atoms with E-state index in [-0.39, 0.29) is 11.2 Å². The van der Waals surface area contributed by atoms with Gasteiger partial charge in [-0.2, -0.15) is 0 Å². The van der Waals surface area contributed by atoms with Crippen molar-refractivity contribution in [2.75, 3.05) is 26.2 Å². The first kappa shape index (κ1) is 19.7. The maximum atomic E-state index is 13.4. The van der Waals surface area contributed by atoms with Crippen molar-refractivity contribution in [3.8, 4) is 0 Å². The number of hydrogen-bond acceptors (Lipinski definition) is 4. The Kier molecular flexibility index (Phi) is 6.60. The van der Waals surface area contributed by atoms with E-state index in [0.29, 0.717) is 0 Å². The molecule has 0 N–H and O–H groups in total. The second kappa shape index (κ2) is 9.72. The van der Waals surface area contributed by atoms with Gasteiger partial charge in [0.25, 0.3) is 0 Å². The molecule has 1 amide bonds. The predicted molar refractivity (Wildman–Crippen MR) is 118 cm³/mol. The minimum atomic E-state index is -0.217. The van der Waals surface area contributed by atoms with Crippen LogP contribution in [0.2, 0.25) is 0 Å². The van der Waals surface area contributed by atoms with Gasteiger partial charge in [0.05, 0.1) is 0 Å². The van der Waals surface area contributed by atoms with Gasteiger partial charge < -0.3 is 4.90 Å². The molecule has 29 heavy (non-hydrogen) atoms. The molecule has 1 aromatic heterocycles. The number of pyridine rings is 1. The largest absolute Gasteiger partial charge is 0.339 e. The van der Waals surface area contributed by atoms with E-state index < -0.39 is 0 Å². The maximum absolute atomic E-state index is 13.4. The van der Waals surface area contributed by atoms with Gasteiger partial charge in [-0.15, -0.1) is 11.8 Å². The third-order valence-corrected chi connectivity index (χ3v) is 6.42. The number of hydrogen-bond donors (Lipinski definition) is 0. The summed E-state index contributed by atoms with van der Waals surface area (Å²) in [6, 6.07) is 24.4. The van der Waals surface area contributed by atoms with Crippen LogP contribution in [0.25, 0.3) is 0 Å². The van der Waals surface area contributed by atoms with E-state index in [1.165, 1.54) is 5.56 Å². The van der Waals surface area contributed by atoms with Crippen LogP contribution < -0.4 is 0 Å². The standard InChI is InChI=1S/C24H25N3OS/c28-24(27-17-15-26(16-18-27)19-20-11-13-25-14-12-20)23(21-7-3-1-4-8-21)29-22-9-5-2-6-10-22/h1-14,23H,15-19H2. The summed E-state index contributed by atoms with van der Waals surface area (Å²) in [7, 11) is 0. The Morgan fingerprint density at radius 2 is 1.48 bits per heavy atom. The summed E-state index contributed by atoms with van der Waals surface area (Å²) in [5, 5.41) is -0.217. The van der Waals surface area contributed by atoms with E-state index in [9.17, 15) is 4.79 Å². The normalized spacial score (nSPS) is 15.8. The van der Waals surface area contributed by atoms with Gasteiger partial charge >= 0.3 is 0 Å². The highest BCUT2D eigenvalue weighted by Crippen LogP contribution is 2.36. The lowest BCUT2D eigenvalue weighted by Crippen LogP contribution is -2.49. The third kappa shape index (κ3) is 5.25. The number of benzene rings is 2. The fourth-order valence-corrected chi connectivity index (χ4v) is 4.69. The molecule has 2 aromatic carbocycles. The van der Waals surface area contributed by atoms with Crippen LogP contribution >= 0.6 is 11.8 Å². The van der Waals surface area contributed by atoms with Crippen LogP contribution in [-0.4, -0.2) is 46.9 Å². The van der Waals surface area contributed by atoms with Gasteiger partial charge in [-0.1, -0.05) is 48.5 Å². The average Bonchev–Trinajstić information content (AvgIpc) is 2.79. The van der Waals surface area contributed by atoms with E-state index >= 15 is 0 Å². The predicted octanol–water partition coefficient (Wildman–Crippen LogP) is 4.26. The van der Waals surface area contributed by atoms with Crippen LogP contribution in [0.15, 0.2) is 90.1 Å². The zero-order valence-electron chi connectivity index (χ0n) is 16.4. The molecule has 1 unspecified atom stereocenters. The van der Waals surface area contributed by atoms with Crippen molar-refractivity contribution >= 4 is 17.7 Å². The maximum Gasteiger partial charge on any atom is 0.240 e. The molecule has 0 radical (unpaired) electrons. The number of piperazine rings is 1. The number of carbonyl (C=O) groups excluding carboxylic acids is 1. The van der Waals surface area contributed by atoms with Crippen LogP contribution in [0.4, 0.5) is 0 Å². The second-order valence-corrected chi connectivity index (χ2v) is 8.36. The van der Waals surface area contributed by atoms with Crippen molar-refractivity contribution in [2.45, 2.75) is 16.7 Å². The van der Waals surface area contributed by atoms with Gasteiger partial charge in [0.2, 0.25) is 5.91 Å². The number of carbonyl (C=O) groups is 1. The molecule has 0 saturated carbocycles. The van der Waals surface area contributed by atoms with Gasteiger partial charge in [-0.05, 0) is 35.4 Å². The zero-order chi connectivity index (χ0) is 19.9. The molecule has 1 saturated heterocycles. The van der Waals surface area contributed by atoms with E-state index in [2.05, 4.69) is 46.3 Å². The first-order valence-corrected chi connectivity index (χ1v) is 10.8. The minimum Gasteiger partial charge on any atom is -0.339 e. The molecule has 4 nitrogen and oxygen atoms in total. The van der Waals surface area contributed by atoms with Crippen molar-refractivity contribution in [1.29, 1.82) is 0 Å². The number of rotatable bonds is 6. The molecule has 0 bridgehead atoms. The summed E-state index contributed by atoms with van der Waals surface area (Å²) in [6.07, 6.45) is 3.67. The van der Waals surface area contributed by atoms with E-state index in [0.717, 1.165) is 43.2 Å². The fourth-order valence-electron chi connectivity index (χ4n) is 3.56. The zero-order valence-corrected chi connectivity index (χ0v) is 17.2. The highest BCUT2D eigenvalue weighted by Gasteiger charge is 2.29. The highest BCUT2D eigenvalue weighted by molar-refractivity contribution is 8.00. The smallest absolute Gasteiger partial charge is 0.240 e. The summed E-state index contributed by atoms with van der Waals surface area (Å²) in [4.78, 5) is 23.1. The Labute approximate surface area is 176 Å². The summed E-state index contributed by atoms with van der Waals surface area (Å²) in [5.41, 5.74) is 2.33. The topological polar surface area (TPSA) is 36.4 Å². The van der Waals surface area contributed by atoms with Crippen LogP contribution in [0.3, 0.4) is 0 Å². The van der Waals surface area contributed by atoms with Crippen molar-refractivity contribution < 1.29 is 4.79 Å². The average molecular weight is 404 g/mol. The lowest BCUT2D eigenvalue weighted by atomic mass is 10.1. The van der Waals surface area contributed by atoms with Gasteiger partial charge in [0.1, 0.15) is 5.25 Å². The number of amides is 1. The summed E-state index contributed by atoms with van der Waals surface area (Å²) in [5.74, 6) is 0.202. The van der Waals surface area contributed by atoms with Crippen molar-refractivity contribution in [3.63, 3.8) is 0 Å². The van der Waals surface area contributed by atoms with Gasteiger partial charge in [-0.25, -0.2) is 0 Å². The first-order chi connectivity index (χ1) is 14.3. The molecule has 0 aliphatic carbocycles. The van der Waals surface area contributed by atoms with E-state index in [1.807, 2.05) is 53.7 Å². The Hall–Kier alpha value is -2.63. The molecule has 1 fully saturated rings. The quantitative estimate of drug-likeness (QED) is 0.576. The van der Waals surface area contributed by atoms with Crippen LogP contribution in [0.5, 0.6) is 0 Å². The lowest BCUT2D eigenvalue weighted by Gasteiger charge is -2.36. The number of nitrogens with zero attached hydrogens (tertiary/aromatic N) is 3. The molecule has 1 aliphatic rings.